The second-order valence-corrected chi connectivity index (χ2v) is 12.0. The van der Waals surface area contributed by atoms with E-state index < -0.39 is 12.0 Å². The van der Waals surface area contributed by atoms with Crippen LogP contribution in [0.4, 0.5) is 0 Å². The highest BCUT2D eigenvalue weighted by Crippen LogP contribution is 2.31. The Balaban J connectivity index is 1.54. The number of esters is 1. The Bertz CT molecular complexity index is 1810. The van der Waals surface area contributed by atoms with Crippen molar-refractivity contribution in [2.24, 2.45) is 4.99 Å². The summed E-state index contributed by atoms with van der Waals surface area (Å²) in [5.41, 5.74) is 6.62. The lowest BCUT2D eigenvalue weighted by atomic mass is 9.95. The second kappa shape index (κ2) is 12.0. The Morgan fingerprint density at radius 1 is 1.02 bits per heavy atom. The van der Waals surface area contributed by atoms with E-state index in [0.717, 1.165) is 43.6 Å². The van der Waals surface area contributed by atoms with Crippen LogP contribution in [0.2, 0.25) is 0 Å². The van der Waals surface area contributed by atoms with Crippen molar-refractivity contribution in [3.63, 3.8) is 0 Å². The molecule has 0 fully saturated rings. The Kier molecular flexibility index (Phi) is 8.42. The van der Waals surface area contributed by atoms with Crippen molar-refractivity contribution < 1.29 is 14.3 Å². The summed E-state index contributed by atoms with van der Waals surface area (Å²) in [6, 6.07) is 19.4. The third-order valence-electron chi connectivity index (χ3n) is 6.99. The zero-order valence-corrected chi connectivity index (χ0v) is 26.1. The summed E-state index contributed by atoms with van der Waals surface area (Å²) in [5, 5.41) is 0. The number of halogens is 1. The van der Waals surface area contributed by atoms with Gasteiger partial charge < -0.3 is 9.47 Å². The highest BCUT2D eigenvalue weighted by molar-refractivity contribution is 9.10. The first kappa shape index (κ1) is 28.8. The molecule has 0 N–H and O–H groups in total. The lowest BCUT2D eigenvalue weighted by Gasteiger charge is -2.24. The normalized spacial score (nSPS) is 15.0. The fourth-order valence-electron chi connectivity index (χ4n) is 5.04. The number of allylic oxidation sites excluding steroid dienone is 1. The van der Waals surface area contributed by atoms with Crippen LogP contribution in [-0.2, 0) is 16.1 Å². The lowest BCUT2D eigenvalue weighted by Crippen LogP contribution is -2.39. The molecule has 0 saturated heterocycles. The molecule has 0 aliphatic carbocycles. The van der Waals surface area contributed by atoms with Crippen LogP contribution in [0.25, 0.3) is 6.08 Å². The number of hydrogen-bond acceptors (Lipinski definition) is 6. The molecule has 5 rings (SSSR count). The molecule has 2 heterocycles. The molecule has 3 aromatic carbocycles. The third kappa shape index (κ3) is 5.99. The van der Waals surface area contributed by atoms with Crippen molar-refractivity contribution in [2.45, 2.75) is 47.3 Å². The molecule has 0 radical (unpaired) electrons. The minimum absolute atomic E-state index is 0.195. The van der Waals surface area contributed by atoms with Gasteiger partial charge >= 0.3 is 5.97 Å². The van der Waals surface area contributed by atoms with Gasteiger partial charge in [0.1, 0.15) is 12.4 Å². The van der Waals surface area contributed by atoms with E-state index in [-0.39, 0.29) is 12.2 Å². The number of carbonyl (C=O) groups is 1. The molecule has 0 spiro atoms. The SMILES string of the molecule is CCOC(=O)C1=C(C)N=c2s/c(=C\c3cc(C)c(OCc4ccc(Br)cc4)c(C)c3)c(=O)n2[C@H]1c1ccc(C)cc1. The molecule has 8 heteroatoms. The van der Waals surface area contributed by atoms with Gasteiger partial charge in [0.25, 0.3) is 5.56 Å². The number of nitrogens with zero attached hydrogens (tertiary/aromatic N) is 2. The van der Waals surface area contributed by atoms with Gasteiger partial charge in [0, 0.05) is 4.47 Å². The quantitative estimate of drug-likeness (QED) is 0.233. The summed E-state index contributed by atoms with van der Waals surface area (Å²) in [6.07, 6.45) is 1.89. The highest BCUT2D eigenvalue weighted by Gasteiger charge is 2.33. The van der Waals surface area contributed by atoms with Gasteiger partial charge in [-0.05, 0) is 92.8 Å². The first-order chi connectivity index (χ1) is 19.7. The van der Waals surface area contributed by atoms with Gasteiger partial charge in [-0.15, -0.1) is 0 Å². The summed E-state index contributed by atoms with van der Waals surface area (Å²) in [4.78, 5) is 32.2. The minimum atomic E-state index is -0.620. The molecule has 41 heavy (non-hydrogen) atoms. The third-order valence-corrected chi connectivity index (χ3v) is 8.50. The van der Waals surface area contributed by atoms with Crippen LogP contribution >= 0.6 is 27.3 Å². The van der Waals surface area contributed by atoms with E-state index in [1.165, 1.54) is 11.3 Å². The van der Waals surface area contributed by atoms with Gasteiger partial charge in [-0.3, -0.25) is 9.36 Å². The van der Waals surface area contributed by atoms with Crippen LogP contribution in [0.1, 0.15) is 53.3 Å². The molecule has 4 aromatic rings. The smallest absolute Gasteiger partial charge is 0.338 e. The van der Waals surface area contributed by atoms with Gasteiger partial charge in [-0.25, -0.2) is 9.79 Å². The first-order valence-corrected chi connectivity index (χ1v) is 15.0. The zero-order chi connectivity index (χ0) is 29.3. The fourth-order valence-corrected chi connectivity index (χ4v) is 6.35. The molecule has 0 amide bonds. The minimum Gasteiger partial charge on any atom is -0.488 e. The predicted octanol–water partition coefficient (Wildman–Crippen LogP) is 6.07. The number of rotatable bonds is 7. The number of benzene rings is 3. The Morgan fingerprint density at radius 3 is 2.32 bits per heavy atom. The topological polar surface area (TPSA) is 69.9 Å². The largest absolute Gasteiger partial charge is 0.488 e. The number of ether oxygens (including phenoxy) is 2. The van der Waals surface area contributed by atoms with E-state index in [1.807, 2.05) is 87.5 Å². The summed E-state index contributed by atoms with van der Waals surface area (Å²) < 4.78 is 14.7. The molecule has 1 aliphatic heterocycles. The molecule has 0 bridgehead atoms. The average Bonchev–Trinajstić information content (AvgIpc) is 3.23. The molecule has 6 nitrogen and oxygen atoms in total. The van der Waals surface area contributed by atoms with Crippen LogP contribution in [0, 0.1) is 20.8 Å². The van der Waals surface area contributed by atoms with E-state index in [4.69, 9.17) is 9.47 Å². The molecule has 1 aliphatic rings. The molecular formula is C33H31BrN2O4S. The molecule has 0 unspecified atom stereocenters. The van der Waals surface area contributed by atoms with Gasteiger partial charge in [0.05, 0.1) is 28.5 Å². The molecular weight excluding hydrogens is 600 g/mol. The molecule has 210 valence electrons. The lowest BCUT2D eigenvalue weighted by molar-refractivity contribution is -0.139. The van der Waals surface area contributed by atoms with Crippen LogP contribution < -0.4 is 19.6 Å². The van der Waals surface area contributed by atoms with E-state index in [2.05, 4.69) is 20.9 Å². The van der Waals surface area contributed by atoms with Crippen LogP contribution in [-0.4, -0.2) is 17.1 Å². The Morgan fingerprint density at radius 2 is 1.68 bits per heavy atom. The monoisotopic (exact) mass is 630 g/mol. The predicted molar refractivity (Wildman–Crippen MR) is 166 cm³/mol. The molecule has 1 atom stereocenters. The zero-order valence-electron chi connectivity index (χ0n) is 23.7. The Labute approximate surface area is 251 Å². The maximum Gasteiger partial charge on any atom is 0.338 e. The second-order valence-electron chi connectivity index (χ2n) is 10.1. The number of fused-ring (bicyclic) bond motifs is 1. The number of carbonyl (C=O) groups excluding carboxylic acids is 1. The van der Waals surface area contributed by atoms with Gasteiger partial charge in [0.15, 0.2) is 4.80 Å². The highest BCUT2D eigenvalue weighted by atomic mass is 79.9. The number of aromatic nitrogens is 1. The van der Waals surface area contributed by atoms with Gasteiger partial charge in [0.2, 0.25) is 0 Å². The van der Waals surface area contributed by atoms with Gasteiger partial charge in [-0.2, -0.15) is 0 Å². The first-order valence-electron chi connectivity index (χ1n) is 13.4. The number of hydrogen-bond donors (Lipinski definition) is 0. The number of thiazole rings is 1. The summed E-state index contributed by atoms with van der Waals surface area (Å²) in [6.45, 7) is 10.3. The van der Waals surface area contributed by atoms with Crippen LogP contribution in [0.15, 0.2) is 86.2 Å². The van der Waals surface area contributed by atoms with Crippen molar-refractivity contribution in [3.8, 4) is 5.75 Å². The van der Waals surface area contributed by atoms with E-state index in [1.54, 1.807) is 18.4 Å². The summed E-state index contributed by atoms with van der Waals surface area (Å²) in [5.74, 6) is 0.374. The standard InChI is InChI=1S/C33H31BrN2O4S/c1-6-39-32(38)28-22(5)35-33-36(29(28)25-11-7-19(2)8-12-25)31(37)27(41-33)17-24-15-20(3)30(21(4)16-24)40-18-23-9-13-26(34)14-10-23/h7-17,29H,6,18H2,1-5H3/b27-17-/t29-/m0/s1. The maximum atomic E-state index is 13.9. The average molecular weight is 632 g/mol. The van der Waals surface area contributed by atoms with Gasteiger partial charge in [-0.1, -0.05) is 69.2 Å². The van der Waals surface area contributed by atoms with E-state index in [0.29, 0.717) is 27.2 Å². The fraction of sp³-hybridized carbons (Fsp3) is 0.242. The molecule has 1 aromatic heterocycles. The molecule has 0 saturated carbocycles. The van der Waals surface area contributed by atoms with Crippen LogP contribution in [0.3, 0.4) is 0 Å². The van der Waals surface area contributed by atoms with E-state index in [9.17, 15) is 9.59 Å². The van der Waals surface area contributed by atoms with Crippen molar-refractivity contribution in [1.82, 2.24) is 4.57 Å². The van der Waals surface area contributed by atoms with Crippen molar-refractivity contribution >= 4 is 39.3 Å². The van der Waals surface area contributed by atoms with Crippen molar-refractivity contribution in [1.29, 1.82) is 0 Å². The van der Waals surface area contributed by atoms with Crippen molar-refractivity contribution in [3.05, 3.63) is 129 Å². The summed E-state index contributed by atoms with van der Waals surface area (Å²) in [7, 11) is 0. The van der Waals surface area contributed by atoms with Crippen LogP contribution in [0.5, 0.6) is 5.75 Å². The number of aryl methyl sites for hydroxylation is 3. The van der Waals surface area contributed by atoms with E-state index >= 15 is 0 Å². The van der Waals surface area contributed by atoms with Crippen molar-refractivity contribution in [2.75, 3.05) is 6.61 Å². The Hall–Kier alpha value is -3.75. The maximum absolute atomic E-state index is 13.9. The summed E-state index contributed by atoms with van der Waals surface area (Å²) >= 11 is 4.78.